The van der Waals surface area contributed by atoms with Crippen LogP contribution in [0.4, 0.5) is 12.9 Å². The molecule has 0 aromatic rings. The Bertz CT molecular complexity index is 97.8. The van der Waals surface area contributed by atoms with E-state index in [0.29, 0.717) is 6.42 Å². The smallest absolute Gasteiger partial charge is 0.449 e. The third-order valence-corrected chi connectivity index (χ3v) is 1.46. The van der Waals surface area contributed by atoms with Crippen LogP contribution >= 0.6 is 0 Å². The summed E-state index contributed by atoms with van der Waals surface area (Å²) < 4.78 is 35.1. The van der Waals surface area contributed by atoms with Crippen LogP contribution in [0.3, 0.4) is 0 Å². The minimum absolute atomic E-state index is 0.0291. The fourth-order valence-electron chi connectivity index (χ4n) is 0.864. The van der Waals surface area contributed by atoms with Gasteiger partial charge in [0, 0.05) is 0 Å². The highest BCUT2D eigenvalue weighted by Crippen LogP contribution is 2.26. The predicted octanol–water partition coefficient (Wildman–Crippen LogP) is 3.66. The molecule has 0 atom stereocenters. The Kier molecular flexibility index (Phi) is 3.46. The molecule has 0 aliphatic rings. The van der Waals surface area contributed by atoms with Crippen molar-refractivity contribution >= 4 is 6.98 Å². The Balaban J connectivity index is 3.44. The summed E-state index contributed by atoms with van der Waals surface area (Å²) in [6.45, 7) is 1.31. The highest BCUT2D eigenvalue weighted by Gasteiger charge is 2.22. The maximum Gasteiger partial charge on any atom is 0.478 e. The van der Waals surface area contributed by atoms with Gasteiger partial charge in [0.1, 0.15) is 0 Å². The third-order valence-electron chi connectivity index (χ3n) is 1.46. The van der Waals surface area contributed by atoms with E-state index in [-0.39, 0.29) is 11.8 Å². The van der Waals surface area contributed by atoms with E-state index in [1.165, 1.54) is 0 Å². The average molecular weight is 167 g/mol. The summed E-state index contributed by atoms with van der Waals surface area (Å²) in [6, 6.07) is 0. The first-order chi connectivity index (χ1) is 4.71. The summed E-state index contributed by atoms with van der Waals surface area (Å²) in [5, 5.41) is 0. The number of rotatable bonds is 3. The number of hydrogen-bond acceptors (Lipinski definition) is 0. The summed E-state index contributed by atoms with van der Waals surface area (Å²) in [5.74, 6) is 0. The monoisotopic (exact) mass is 167 g/mol. The first kappa shape index (κ1) is 10.9. The Morgan fingerprint density at radius 3 is 1.82 bits per heavy atom. The van der Waals surface area contributed by atoms with Gasteiger partial charge in [-0.3, -0.25) is 0 Å². The third kappa shape index (κ3) is 9.85. The molecule has 0 unspecified atom stereocenters. The molecule has 0 aliphatic heterocycles. The summed E-state index contributed by atoms with van der Waals surface area (Å²) in [6.07, 6.45) is 0.332. The fraction of sp³-hybridized carbons (Fsp3) is 1.00. The highest BCUT2D eigenvalue weighted by molar-refractivity contribution is 6.58. The zero-order valence-corrected chi connectivity index (χ0v) is 7.33. The van der Waals surface area contributed by atoms with E-state index in [9.17, 15) is 12.9 Å². The van der Waals surface area contributed by atoms with E-state index < -0.39 is 13.3 Å². The molecule has 4 heteroatoms. The molecule has 68 valence electrons. The van der Waals surface area contributed by atoms with E-state index >= 15 is 0 Å². The van der Waals surface area contributed by atoms with Crippen LogP contribution in [-0.4, -0.2) is 6.98 Å². The van der Waals surface area contributed by atoms with Crippen LogP contribution in [0, 0.1) is 5.41 Å². The van der Waals surface area contributed by atoms with E-state index in [1.54, 1.807) is 0 Å². The standard InChI is InChI=1S/C7H15BF3/c1-7(2,3)5-4-6-8(9,10)11/h4-6H2,1-3H3/q-1. The van der Waals surface area contributed by atoms with Gasteiger partial charge in [-0.15, -0.1) is 0 Å². The summed E-state index contributed by atoms with van der Waals surface area (Å²) in [4.78, 5) is 0. The van der Waals surface area contributed by atoms with Crippen LogP contribution in [0.1, 0.15) is 33.6 Å². The lowest BCUT2D eigenvalue weighted by Gasteiger charge is -2.20. The zero-order chi connectivity index (χ0) is 9.12. The van der Waals surface area contributed by atoms with Gasteiger partial charge in [-0.1, -0.05) is 39.9 Å². The van der Waals surface area contributed by atoms with Crippen molar-refractivity contribution in [3.63, 3.8) is 0 Å². The van der Waals surface area contributed by atoms with Gasteiger partial charge in [0.15, 0.2) is 0 Å². The van der Waals surface area contributed by atoms with Gasteiger partial charge in [-0.25, -0.2) is 0 Å². The number of hydrogen-bond donors (Lipinski definition) is 0. The lowest BCUT2D eigenvalue weighted by Crippen LogP contribution is -2.15. The predicted molar refractivity (Wildman–Crippen MR) is 42.6 cm³/mol. The highest BCUT2D eigenvalue weighted by atomic mass is 19.4. The van der Waals surface area contributed by atoms with Gasteiger partial charge in [0.2, 0.25) is 0 Å². The van der Waals surface area contributed by atoms with Gasteiger partial charge in [-0.2, -0.15) is 0 Å². The molecule has 0 saturated heterocycles. The quantitative estimate of drug-likeness (QED) is 0.562. The van der Waals surface area contributed by atoms with Gasteiger partial charge < -0.3 is 12.9 Å². The Morgan fingerprint density at radius 1 is 1.09 bits per heavy atom. The van der Waals surface area contributed by atoms with Crippen LogP contribution in [0.5, 0.6) is 0 Å². The van der Waals surface area contributed by atoms with E-state index in [4.69, 9.17) is 0 Å². The van der Waals surface area contributed by atoms with Crippen molar-refractivity contribution in [1.29, 1.82) is 0 Å². The molecule has 0 saturated carbocycles. The maximum absolute atomic E-state index is 11.7. The van der Waals surface area contributed by atoms with Crippen LogP contribution < -0.4 is 0 Å². The van der Waals surface area contributed by atoms with Gasteiger partial charge >= 0.3 is 6.98 Å². The number of halogens is 3. The van der Waals surface area contributed by atoms with Crippen molar-refractivity contribution in [2.75, 3.05) is 0 Å². The topological polar surface area (TPSA) is 0 Å². The van der Waals surface area contributed by atoms with Gasteiger partial charge in [-0.05, 0) is 5.41 Å². The van der Waals surface area contributed by atoms with E-state index in [0.717, 1.165) is 0 Å². The summed E-state index contributed by atoms with van der Waals surface area (Å²) in [5.41, 5.74) is 0.0291. The maximum atomic E-state index is 11.7. The zero-order valence-electron chi connectivity index (χ0n) is 7.33. The van der Waals surface area contributed by atoms with Crippen molar-refractivity contribution in [2.45, 2.75) is 39.9 Å². The van der Waals surface area contributed by atoms with Crippen molar-refractivity contribution in [3.8, 4) is 0 Å². The van der Waals surface area contributed by atoms with Crippen molar-refractivity contribution in [3.05, 3.63) is 0 Å². The first-order valence-electron chi connectivity index (χ1n) is 3.92. The Morgan fingerprint density at radius 2 is 1.55 bits per heavy atom. The van der Waals surface area contributed by atoms with Crippen molar-refractivity contribution < 1.29 is 12.9 Å². The molecule has 11 heavy (non-hydrogen) atoms. The van der Waals surface area contributed by atoms with E-state index in [2.05, 4.69) is 0 Å². The average Bonchev–Trinajstić information content (AvgIpc) is 1.55. The summed E-state index contributed by atoms with van der Waals surface area (Å²) >= 11 is 0. The van der Waals surface area contributed by atoms with Crippen LogP contribution in [0.2, 0.25) is 6.32 Å². The summed E-state index contributed by atoms with van der Waals surface area (Å²) in [7, 11) is 0. The molecular weight excluding hydrogens is 152 g/mol. The van der Waals surface area contributed by atoms with Crippen molar-refractivity contribution in [2.24, 2.45) is 5.41 Å². The molecule has 0 radical (unpaired) electrons. The second-order valence-corrected chi connectivity index (χ2v) is 4.16. The molecule has 0 amide bonds. The Hall–Kier alpha value is -0.145. The lowest BCUT2D eigenvalue weighted by molar-refractivity contribution is 0.362. The Labute approximate surface area is 66.2 Å². The molecule has 0 bridgehead atoms. The lowest BCUT2D eigenvalue weighted by atomic mass is 9.79. The van der Waals surface area contributed by atoms with Crippen molar-refractivity contribution in [1.82, 2.24) is 0 Å². The molecule has 0 aliphatic carbocycles. The van der Waals surface area contributed by atoms with Gasteiger partial charge in [0.05, 0.1) is 0 Å². The van der Waals surface area contributed by atoms with E-state index in [1.807, 2.05) is 20.8 Å². The molecule has 0 spiro atoms. The van der Waals surface area contributed by atoms with Crippen LogP contribution in [0.25, 0.3) is 0 Å². The molecular formula is C7H15BF3-. The molecule has 0 nitrogen and oxygen atoms in total. The fourth-order valence-corrected chi connectivity index (χ4v) is 0.864. The first-order valence-corrected chi connectivity index (χ1v) is 3.92. The molecule has 0 aromatic heterocycles. The molecule has 0 N–H and O–H groups in total. The van der Waals surface area contributed by atoms with Gasteiger partial charge in [0.25, 0.3) is 0 Å². The minimum atomic E-state index is -4.56. The second kappa shape index (κ2) is 3.50. The second-order valence-electron chi connectivity index (χ2n) is 4.16. The largest absolute Gasteiger partial charge is 0.478 e. The molecule has 0 aromatic carbocycles. The van der Waals surface area contributed by atoms with Crippen LogP contribution in [0.15, 0.2) is 0 Å². The molecule has 0 fully saturated rings. The minimum Gasteiger partial charge on any atom is -0.449 e. The van der Waals surface area contributed by atoms with Crippen LogP contribution in [-0.2, 0) is 0 Å². The molecule has 0 rings (SSSR count). The normalized spacial score (nSPS) is 13.6. The SMILES string of the molecule is CC(C)(C)CCC[B-](F)(F)F. The molecule has 0 heterocycles.